The van der Waals surface area contributed by atoms with E-state index in [0.29, 0.717) is 11.1 Å². The molecule has 2 atom stereocenters. The Kier molecular flexibility index (Phi) is 6.23. The summed E-state index contributed by atoms with van der Waals surface area (Å²) in [5.74, 6) is -0.865. The van der Waals surface area contributed by atoms with Crippen LogP contribution in [0.15, 0.2) is 24.3 Å². The van der Waals surface area contributed by atoms with Gasteiger partial charge in [-0.3, -0.25) is 19.3 Å². The summed E-state index contributed by atoms with van der Waals surface area (Å²) < 4.78 is 10.2. The molecule has 2 aliphatic rings. The molecule has 27 heavy (non-hydrogen) atoms. The minimum absolute atomic E-state index is 0.0375. The van der Waals surface area contributed by atoms with Crippen molar-refractivity contribution in [2.24, 2.45) is 11.8 Å². The van der Waals surface area contributed by atoms with Crippen molar-refractivity contribution in [1.82, 2.24) is 10.2 Å². The number of hydrogen-bond donors (Lipinski definition) is 1. The molecule has 0 spiro atoms. The first-order valence-electron chi connectivity index (χ1n) is 9.35. The monoisotopic (exact) mass is 374 g/mol. The molecular weight excluding hydrogens is 348 g/mol. The van der Waals surface area contributed by atoms with Crippen LogP contribution in [0.4, 0.5) is 0 Å². The van der Waals surface area contributed by atoms with Gasteiger partial charge in [0.25, 0.3) is 11.8 Å². The first-order valence-corrected chi connectivity index (χ1v) is 9.35. The molecule has 1 aromatic rings. The van der Waals surface area contributed by atoms with Crippen molar-refractivity contribution in [3.63, 3.8) is 0 Å². The van der Waals surface area contributed by atoms with Gasteiger partial charge in [-0.25, -0.2) is 0 Å². The van der Waals surface area contributed by atoms with Crippen LogP contribution in [-0.4, -0.2) is 56.2 Å². The van der Waals surface area contributed by atoms with Crippen LogP contribution in [0, 0.1) is 11.8 Å². The highest BCUT2D eigenvalue weighted by Crippen LogP contribution is 2.33. The number of methoxy groups -OCH3 is 2. The lowest BCUT2D eigenvalue weighted by atomic mass is 9.78. The average molecular weight is 374 g/mol. The van der Waals surface area contributed by atoms with Gasteiger partial charge >= 0.3 is 0 Å². The lowest BCUT2D eigenvalue weighted by Gasteiger charge is -2.33. The molecule has 3 rings (SSSR count). The van der Waals surface area contributed by atoms with E-state index in [0.717, 1.165) is 25.7 Å². The van der Waals surface area contributed by atoms with Crippen LogP contribution in [0.1, 0.15) is 46.4 Å². The van der Waals surface area contributed by atoms with E-state index in [9.17, 15) is 14.4 Å². The molecule has 0 saturated heterocycles. The quantitative estimate of drug-likeness (QED) is 0.581. The number of imide groups is 1. The summed E-state index contributed by atoms with van der Waals surface area (Å²) in [6, 6.07) is 6.87. The Labute approximate surface area is 159 Å². The molecule has 0 radical (unpaired) electrons. The van der Waals surface area contributed by atoms with E-state index in [2.05, 4.69) is 5.32 Å². The number of benzene rings is 1. The average Bonchev–Trinajstić information content (AvgIpc) is 2.94. The largest absolute Gasteiger partial charge is 0.354 e. The molecule has 3 amide bonds. The van der Waals surface area contributed by atoms with Gasteiger partial charge in [0, 0.05) is 26.7 Å². The topological polar surface area (TPSA) is 84.9 Å². The van der Waals surface area contributed by atoms with Gasteiger partial charge in [-0.1, -0.05) is 25.0 Å². The van der Waals surface area contributed by atoms with Crippen LogP contribution in [0.2, 0.25) is 0 Å². The van der Waals surface area contributed by atoms with Crippen molar-refractivity contribution < 1.29 is 23.9 Å². The Morgan fingerprint density at radius 2 is 1.70 bits per heavy atom. The molecule has 0 aromatic heterocycles. The summed E-state index contributed by atoms with van der Waals surface area (Å²) in [5.41, 5.74) is 0.893. The molecule has 0 bridgehead atoms. The fourth-order valence-electron chi connectivity index (χ4n) is 3.99. The van der Waals surface area contributed by atoms with Crippen molar-refractivity contribution in [2.75, 3.05) is 27.3 Å². The Balaban J connectivity index is 1.67. The maximum atomic E-state index is 12.7. The smallest absolute Gasteiger partial charge is 0.261 e. The number of rotatable bonds is 7. The van der Waals surface area contributed by atoms with Crippen molar-refractivity contribution in [1.29, 1.82) is 0 Å². The molecule has 7 heteroatoms. The minimum atomic E-state index is -0.493. The van der Waals surface area contributed by atoms with Crippen LogP contribution in [-0.2, 0) is 14.3 Å². The first kappa shape index (κ1) is 19.5. The third-order valence-electron chi connectivity index (χ3n) is 5.51. The second-order valence-electron chi connectivity index (χ2n) is 7.06. The zero-order chi connectivity index (χ0) is 19.4. The van der Waals surface area contributed by atoms with Crippen LogP contribution in [0.5, 0.6) is 0 Å². The second kappa shape index (κ2) is 8.63. The Bertz CT molecular complexity index is 681. The highest BCUT2D eigenvalue weighted by Gasteiger charge is 2.40. The van der Waals surface area contributed by atoms with Crippen LogP contribution in [0.25, 0.3) is 0 Å². The number of nitrogens with one attached hydrogen (secondary N) is 1. The van der Waals surface area contributed by atoms with E-state index in [-0.39, 0.29) is 42.6 Å². The number of amides is 3. The summed E-state index contributed by atoms with van der Waals surface area (Å²) in [5, 5.41) is 2.87. The maximum absolute atomic E-state index is 12.7. The van der Waals surface area contributed by atoms with E-state index in [1.54, 1.807) is 24.3 Å². The van der Waals surface area contributed by atoms with Gasteiger partial charge in [0.1, 0.15) is 0 Å². The van der Waals surface area contributed by atoms with E-state index < -0.39 is 6.29 Å². The molecule has 1 saturated carbocycles. The van der Waals surface area contributed by atoms with Gasteiger partial charge in [0.05, 0.1) is 17.7 Å². The Hall–Kier alpha value is -2.25. The summed E-state index contributed by atoms with van der Waals surface area (Å²) >= 11 is 0. The summed E-state index contributed by atoms with van der Waals surface area (Å²) in [6.07, 6.45) is 3.05. The van der Waals surface area contributed by atoms with Gasteiger partial charge in [0.15, 0.2) is 6.29 Å². The number of carbonyl (C=O) groups excluding carboxylic acids is 3. The van der Waals surface area contributed by atoms with Crippen LogP contribution < -0.4 is 5.32 Å². The van der Waals surface area contributed by atoms with Crippen molar-refractivity contribution in [3.8, 4) is 0 Å². The molecular formula is C20H26N2O5. The van der Waals surface area contributed by atoms with E-state index >= 15 is 0 Å². The molecule has 1 heterocycles. The van der Waals surface area contributed by atoms with Crippen molar-refractivity contribution in [3.05, 3.63) is 35.4 Å². The molecule has 146 valence electrons. The maximum Gasteiger partial charge on any atom is 0.261 e. The van der Waals surface area contributed by atoms with Gasteiger partial charge in [-0.2, -0.15) is 0 Å². The van der Waals surface area contributed by atoms with E-state index in [1.807, 2.05) is 0 Å². The lowest BCUT2D eigenvalue weighted by Crippen LogP contribution is -2.45. The van der Waals surface area contributed by atoms with Gasteiger partial charge < -0.3 is 14.8 Å². The zero-order valence-electron chi connectivity index (χ0n) is 15.8. The van der Waals surface area contributed by atoms with Crippen molar-refractivity contribution in [2.45, 2.75) is 32.0 Å². The zero-order valence-corrected chi connectivity index (χ0v) is 15.8. The number of carbonyl (C=O) groups is 3. The standard InChI is InChI=1S/C20H26N2O5/c1-26-17(27-2)11-21-18(23)14-8-4-3-7-13(14)12-22-19(24)15-9-5-6-10-16(15)20(22)25/h5-6,9-10,13-14,17H,3-4,7-8,11-12H2,1-2H3,(H,21,23). The van der Waals surface area contributed by atoms with Crippen LogP contribution in [0.3, 0.4) is 0 Å². The molecule has 1 fully saturated rings. The molecule has 7 nitrogen and oxygen atoms in total. The summed E-state index contributed by atoms with van der Waals surface area (Å²) in [7, 11) is 3.04. The highest BCUT2D eigenvalue weighted by molar-refractivity contribution is 6.21. The van der Waals surface area contributed by atoms with Crippen molar-refractivity contribution >= 4 is 17.7 Å². The van der Waals surface area contributed by atoms with E-state index in [4.69, 9.17) is 9.47 Å². The summed E-state index contributed by atoms with van der Waals surface area (Å²) in [4.78, 5) is 39.2. The Morgan fingerprint density at radius 1 is 1.11 bits per heavy atom. The van der Waals surface area contributed by atoms with Crippen LogP contribution >= 0.6 is 0 Å². The summed E-state index contributed by atoms with van der Waals surface area (Å²) in [6.45, 7) is 0.546. The van der Waals surface area contributed by atoms with Gasteiger partial charge in [-0.15, -0.1) is 0 Å². The predicted octanol–water partition coefficient (Wildman–Crippen LogP) is 1.82. The SMILES string of the molecule is COC(CNC(=O)C1CCCCC1CN1C(=O)c2ccccc2C1=O)OC. The second-order valence-corrected chi connectivity index (χ2v) is 7.06. The normalized spacial score (nSPS) is 22.3. The van der Waals surface area contributed by atoms with Gasteiger partial charge in [-0.05, 0) is 30.9 Å². The Morgan fingerprint density at radius 3 is 2.30 bits per heavy atom. The lowest BCUT2D eigenvalue weighted by molar-refractivity contribution is -0.133. The molecule has 1 aliphatic heterocycles. The first-order chi connectivity index (χ1) is 13.1. The molecule has 2 unspecified atom stereocenters. The minimum Gasteiger partial charge on any atom is -0.354 e. The fourth-order valence-corrected chi connectivity index (χ4v) is 3.99. The number of ether oxygens (including phenoxy) is 2. The molecule has 1 aromatic carbocycles. The third kappa shape index (κ3) is 4.04. The number of hydrogen-bond acceptors (Lipinski definition) is 5. The fraction of sp³-hybridized carbons (Fsp3) is 0.550. The van der Waals surface area contributed by atoms with E-state index in [1.165, 1.54) is 19.1 Å². The third-order valence-corrected chi connectivity index (χ3v) is 5.51. The van der Waals surface area contributed by atoms with Gasteiger partial charge in [0.2, 0.25) is 5.91 Å². The number of nitrogens with zero attached hydrogens (tertiary/aromatic N) is 1. The molecule has 1 aliphatic carbocycles. The number of fused-ring (bicyclic) bond motifs is 1. The molecule has 1 N–H and O–H groups in total. The highest BCUT2D eigenvalue weighted by atomic mass is 16.7. The predicted molar refractivity (Wildman–Crippen MR) is 98.1 cm³/mol.